The molecule has 0 fully saturated rings. The standard InChI is InChI=1S/C21H21N3O4/c1-28-17-9-7-16(8-10-17)18-11-12-21(27)24(23-18)13-20(26)22-19(14-25)15-5-3-2-4-6-15/h2-12,19,25H,13-14H2,1H3,(H,22,26). The highest BCUT2D eigenvalue weighted by atomic mass is 16.5. The predicted octanol–water partition coefficient (Wildman–Crippen LogP) is 1.77. The zero-order valence-corrected chi connectivity index (χ0v) is 15.4. The first-order chi connectivity index (χ1) is 13.6. The van der Waals surface area contributed by atoms with Gasteiger partial charge in [0.1, 0.15) is 12.3 Å². The summed E-state index contributed by atoms with van der Waals surface area (Å²) in [6, 6.07) is 18.8. The zero-order chi connectivity index (χ0) is 19.9. The van der Waals surface area contributed by atoms with Gasteiger partial charge in [-0.3, -0.25) is 9.59 Å². The van der Waals surface area contributed by atoms with Crippen molar-refractivity contribution in [2.45, 2.75) is 12.6 Å². The highest BCUT2D eigenvalue weighted by Crippen LogP contribution is 2.19. The molecule has 0 aliphatic carbocycles. The molecule has 1 unspecified atom stereocenters. The smallest absolute Gasteiger partial charge is 0.267 e. The fourth-order valence-electron chi connectivity index (χ4n) is 2.77. The Hall–Kier alpha value is -3.45. The van der Waals surface area contributed by atoms with Crippen LogP contribution in [-0.2, 0) is 11.3 Å². The van der Waals surface area contributed by atoms with Crippen molar-refractivity contribution in [2.24, 2.45) is 0 Å². The normalized spacial score (nSPS) is 11.6. The minimum Gasteiger partial charge on any atom is -0.497 e. The topological polar surface area (TPSA) is 93.5 Å². The van der Waals surface area contributed by atoms with Crippen molar-refractivity contribution in [1.82, 2.24) is 15.1 Å². The summed E-state index contributed by atoms with van der Waals surface area (Å²) in [5.41, 5.74) is 1.77. The molecule has 1 heterocycles. The van der Waals surface area contributed by atoms with Crippen LogP contribution in [0, 0.1) is 0 Å². The Morgan fingerprint density at radius 3 is 2.46 bits per heavy atom. The van der Waals surface area contributed by atoms with Gasteiger partial charge in [0.05, 0.1) is 25.5 Å². The van der Waals surface area contributed by atoms with Gasteiger partial charge in [0.2, 0.25) is 5.91 Å². The number of hydrogen-bond donors (Lipinski definition) is 2. The van der Waals surface area contributed by atoms with Gasteiger partial charge in [-0.2, -0.15) is 5.10 Å². The van der Waals surface area contributed by atoms with Crippen LogP contribution in [0.5, 0.6) is 5.75 Å². The van der Waals surface area contributed by atoms with E-state index in [1.54, 1.807) is 25.3 Å². The molecule has 0 aliphatic heterocycles. The molecule has 7 nitrogen and oxygen atoms in total. The summed E-state index contributed by atoms with van der Waals surface area (Å²) in [7, 11) is 1.58. The molecular weight excluding hydrogens is 358 g/mol. The molecular formula is C21H21N3O4. The monoisotopic (exact) mass is 379 g/mol. The number of amides is 1. The molecule has 0 saturated heterocycles. The quantitative estimate of drug-likeness (QED) is 0.653. The van der Waals surface area contributed by atoms with Crippen molar-refractivity contribution >= 4 is 5.91 Å². The van der Waals surface area contributed by atoms with E-state index in [0.29, 0.717) is 11.4 Å². The average molecular weight is 379 g/mol. The molecule has 1 atom stereocenters. The molecule has 2 aromatic carbocycles. The summed E-state index contributed by atoms with van der Waals surface area (Å²) in [5, 5.41) is 16.6. The van der Waals surface area contributed by atoms with Gasteiger partial charge in [-0.05, 0) is 35.9 Å². The van der Waals surface area contributed by atoms with E-state index in [4.69, 9.17) is 4.74 Å². The summed E-state index contributed by atoms with van der Waals surface area (Å²) >= 11 is 0. The summed E-state index contributed by atoms with van der Waals surface area (Å²) < 4.78 is 6.24. The predicted molar refractivity (Wildman–Crippen MR) is 105 cm³/mol. The van der Waals surface area contributed by atoms with Gasteiger partial charge in [-0.25, -0.2) is 4.68 Å². The van der Waals surface area contributed by atoms with Gasteiger partial charge in [0.25, 0.3) is 5.56 Å². The molecule has 3 rings (SSSR count). The number of rotatable bonds is 7. The Balaban J connectivity index is 1.75. The minimum atomic E-state index is -0.547. The number of nitrogens with zero attached hydrogens (tertiary/aromatic N) is 2. The van der Waals surface area contributed by atoms with Crippen molar-refractivity contribution in [3.05, 3.63) is 82.6 Å². The maximum atomic E-state index is 12.4. The highest BCUT2D eigenvalue weighted by molar-refractivity contribution is 5.76. The second-order valence-electron chi connectivity index (χ2n) is 6.16. The minimum absolute atomic E-state index is 0.244. The lowest BCUT2D eigenvalue weighted by atomic mass is 10.1. The lowest BCUT2D eigenvalue weighted by Crippen LogP contribution is -2.36. The second-order valence-corrected chi connectivity index (χ2v) is 6.16. The number of ether oxygens (including phenoxy) is 1. The molecule has 7 heteroatoms. The van der Waals surface area contributed by atoms with E-state index in [1.165, 1.54) is 6.07 Å². The Labute approximate surface area is 162 Å². The van der Waals surface area contributed by atoms with E-state index >= 15 is 0 Å². The fourth-order valence-corrected chi connectivity index (χ4v) is 2.77. The number of carbonyl (C=O) groups excluding carboxylic acids is 1. The van der Waals surface area contributed by atoms with Crippen LogP contribution in [0.4, 0.5) is 0 Å². The molecule has 28 heavy (non-hydrogen) atoms. The lowest BCUT2D eigenvalue weighted by molar-refractivity contribution is -0.123. The molecule has 0 spiro atoms. The number of nitrogens with one attached hydrogen (secondary N) is 1. The van der Waals surface area contributed by atoms with Crippen LogP contribution in [0.15, 0.2) is 71.5 Å². The second kappa shape index (κ2) is 8.96. The summed E-state index contributed by atoms with van der Waals surface area (Å²) in [5.74, 6) is 0.303. The number of methoxy groups -OCH3 is 1. The molecule has 3 aromatic rings. The molecule has 0 radical (unpaired) electrons. The van der Waals surface area contributed by atoms with Crippen molar-refractivity contribution in [2.75, 3.05) is 13.7 Å². The van der Waals surface area contributed by atoms with Crippen LogP contribution >= 0.6 is 0 Å². The maximum absolute atomic E-state index is 12.4. The number of aliphatic hydroxyl groups excluding tert-OH is 1. The zero-order valence-electron chi connectivity index (χ0n) is 15.4. The van der Waals surface area contributed by atoms with Crippen LogP contribution in [0.25, 0.3) is 11.3 Å². The highest BCUT2D eigenvalue weighted by Gasteiger charge is 2.15. The van der Waals surface area contributed by atoms with Crippen LogP contribution < -0.4 is 15.6 Å². The van der Waals surface area contributed by atoms with Gasteiger partial charge >= 0.3 is 0 Å². The van der Waals surface area contributed by atoms with E-state index in [2.05, 4.69) is 10.4 Å². The van der Waals surface area contributed by atoms with E-state index in [1.807, 2.05) is 42.5 Å². The number of hydrogen-bond acceptors (Lipinski definition) is 5. The summed E-state index contributed by atoms with van der Waals surface area (Å²) in [4.78, 5) is 24.5. The van der Waals surface area contributed by atoms with Gasteiger partial charge in [-0.15, -0.1) is 0 Å². The number of carbonyl (C=O) groups is 1. The molecule has 0 saturated carbocycles. The largest absolute Gasteiger partial charge is 0.497 e. The van der Waals surface area contributed by atoms with E-state index in [0.717, 1.165) is 15.8 Å². The van der Waals surface area contributed by atoms with Crippen molar-refractivity contribution in [3.8, 4) is 17.0 Å². The number of benzene rings is 2. The molecule has 2 N–H and O–H groups in total. The van der Waals surface area contributed by atoms with Gasteiger partial charge < -0.3 is 15.2 Å². The Bertz CT molecular complexity index is 985. The first-order valence-corrected chi connectivity index (χ1v) is 8.78. The van der Waals surface area contributed by atoms with Gasteiger partial charge in [0, 0.05) is 11.6 Å². The molecule has 0 bridgehead atoms. The van der Waals surface area contributed by atoms with Crippen molar-refractivity contribution < 1.29 is 14.6 Å². The lowest BCUT2D eigenvalue weighted by Gasteiger charge is -2.17. The first kappa shape index (κ1) is 19.3. The number of aromatic nitrogens is 2. The SMILES string of the molecule is COc1ccc(-c2ccc(=O)n(CC(=O)NC(CO)c3ccccc3)n2)cc1. The van der Waals surface area contributed by atoms with Crippen LogP contribution in [0.1, 0.15) is 11.6 Å². The summed E-state index contributed by atoms with van der Waals surface area (Å²) in [6.07, 6.45) is 0. The van der Waals surface area contributed by atoms with Crippen molar-refractivity contribution in [1.29, 1.82) is 0 Å². The number of aliphatic hydroxyl groups is 1. The van der Waals surface area contributed by atoms with E-state index < -0.39 is 11.9 Å². The third-order valence-corrected chi connectivity index (χ3v) is 4.27. The molecule has 1 aromatic heterocycles. The van der Waals surface area contributed by atoms with Crippen LogP contribution in [-0.4, -0.2) is 34.5 Å². The third-order valence-electron chi connectivity index (χ3n) is 4.27. The fraction of sp³-hybridized carbons (Fsp3) is 0.190. The molecule has 0 aliphatic rings. The average Bonchev–Trinajstić information content (AvgIpc) is 2.74. The van der Waals surface area contributed by atoms with Gasteiger partial charge in [0.15, 0.2) is 0 Å². The Morgan fingerprint density at radius 2 is 1.82 bits per heavy atom. The summed E-state index contributed by atoms with van der Waals surface area (Å²) in [6.45, 7) is -0.490. The maximum Gasteiger partial charge on any atom is 0.267 e. The van der Waals surface area contributed by atoms with Gasteiger partial charge in [-0.1, -0.05) is 30.3 Å². The third kappa shape index (κ3) is 4.63. The Morgan fingerprint density at radius 1 is 1.11 bits per heavy atom. The molecule has 144 valence electrons. The Kier molecular flexibility index (Phi) is 6.18. The van der Waals surface area contributed by atoms with Crippen LogP contribution in [0.2, 0.25) is 0 Å². The van der Waals surface area contributed by atoms with E-state index in [-0.39, 0.29) is 18.7 Å². The van der Waals surface area contributed by atoms with Crippen molar-refractivity contribution in [3.63, 3.8) is 0 Å². The van der Waals surface area contributed by atoms with Crippen LogP contribution in [0.3, 0.4) is 0 Å². The first-order valence-electron chi connectivity index (χ1n) is 8.78. The molecule has 1 amide bonds. The van der Waals surface area contributed by atoms with E-state index in [9.17, 15) is 14.7 Å².